The molecule has 0 radical (unpaired) electrons. The fraction of sp³-hybridized carbons (Fsp3) is 0.739. The molecule has 2 aliphatic rings. The SMILES string of the molecule is CC[C@H]1CC[C@H](CC)C1c1ccccc1P1[C@@H](CC)CC[C@@H]1CC. The Kier molecular flexibility index (Phi) is 6.42. The molecule has 1 aliphatic carbocycles. The van der Waals surface area contributed by atoms with Crippen molar-refractivity contribution >= 4 is 13.2 Å². The van der Waals surface area contributed by atoms with E-state index < -0.39 is 0 Å². The molecular formula is C23H37P. The van der Waals surface area contributed by atoms with Gasteiger partial charge in [0.05, 0.1) is 0 Å². The van der Waals surface area contributed by atoms with Crippen LogP contribution in [0.25, 0.3) is 0 Å². The number of hydrogen-bond donors (Lipinski definition) is 0. The zero-order valence-corrected chi connectivity index (χ0v) is 17.2. The molecule has 0 unspecified atom stereocenters. The Morgan fingerprint density at radius 2 is 1.29 bits per heavy atom. The van der Waals surface area contributed by atoms with Gasteiger partial charge in [-0.15, -0.1) is 0 Å². The Balaban J connectivity index is 2.01. The molecule has 1 heteroatoms. The van der Waals surface area contributed by atoms with Crippen LogP contribution in [0.15, 0.2) is 24.3 Å². The molecule has 0 N–H and O–H groups in total. The maximum Gasteiger partial charge on any atom is -0.00991 e. The molecule has 4 atom stereocenters. The molecule has 0 spiro atoms. The van der Waals surface area contributed by atoms with Gasteiger partial charge in [0.1, 0.15) is 0 Å². The van der Waals surface area contributed by atoms with E-state index in [2.05, 4.69) is 52.0 Å². The first kappa shape index (κ1) is 18.4. The molecule has 1 aromatic carbocycles. The van der Waals surface area contributed by atoms with Crippen LogP contribution < -0.4 is 5.30 Å². The molecule has 1 aromatic rings. The molecule has 0 bridgehead atoms. The first-order valence-corrected chi connectivity index (χ1v) is 12.1. The van der Waals surface area contributed by atoms with Crippen molar-refractivity contribution in [3.8, 4) is 0 Å². The predicted octanol–water partition coefficient (Wildman–Crippen LogP) is 7.07. The quantitative estimate of drug-likeness (QED) is 0.484. The Bertz CT molecular complexity index is 452. The third-order valence-electron chi connectivity index (χ3n) is 7.11. The van der Waals surface area contributed by atoms with E-state index >= 15 is 0 Å². The lowest BCUT2D eigenvalue weighted by atomic mass is 9.81. The van der Waals surface area contributed by atoms with Gasteiger partial charge in [0.15, 0.2) is 0 Å². The second-order valence-electron chi connectivity index (χ2n) is 8.11. The molecule has 1 saturated heterocycles. The van der Waals surface area contributed by atoms with Crippen molar-refractivity contribution in [2.24, 2.45) is 11.8 Å². The van der Waals surface area contributed by atoms with Crippen molar-refractivity contribution in [2.45, 2.75) is 96.3 Å². The maximum atomic E-state index is 2.54. The normalized spacial score (nSPS) is 31.8. The molecule has 0 aromatic heterocycles. The summed E-state index contributed by atoms with van der Waals surface area (Å²) in [7, 11) is 0.0477. The minimum Gasteiger partial charge on any atom is -0.0687 e. The highest BCUT2D eigenvalue weighted by atomic mass is 31.1. The highest BCUT2D eigenvalue weighted by Gasteiger charge is 2.40. The van der Waals surface area contributed by atoms with E-state index in [-0.39, 0.29) is 7.92 Å². The summed E-state index contributed by atoms with van der Waals surface area (Å²) in [6.45, 7) is 9.70. The fourth-order valence-corrected chi connectivity index (χ4v) is 9.56. The first-order chi connectivity index (χ1) is 11.7. The minimum atomic E-state index is 0.0477. The van der Waals surface area contributed by atoms with Gasteiger partial charge < -0.3 is 0 Å². The van der Waals surface area contributed by atoms with E-state index in [0.717, 1.165) is 29.1 Å². The van der Waals surface area contributed by atoms with E-state index in [0.29, 0.717) is 0 Å². The molecule has 3 rings (SSSR count). The summed E-state index contributed by atoms with van der Waals surface area (Å²) in [5.41, 5.74) is 3.74. The fourth-order valence-electron chi connectivity index (χ4n) is 5.76. The molecule has 134 valence electrons. The first-order valence-electron chi connectivity index (χ1n) is 10.6. The molecule has 24 heavy (non-hydrogen) atoms. The van der Waals surface area contributed by atoms with E-state index in [4.69, 9.17) is 0 Å². The summed E-state index contributed by atoms with van der Waals surface area (Å²) in [6, 6.07) is 9.71. The van der Waals surface area contributed by atoms with Gasteiger partial charge in [-0.05, 0) is 78.5 Å². The van der Waals surface area contributed by atoms with Gasteiger partial charge >= 0.3 is 0 Å². The Morgan fingerprint density at radius 3 is 1.79 bits per heavy atom. The molecule has 1 aliphatic heterocycles. The zero-order chi connectivity index (χ0) is 17.1. The van der Waals surface area contributed by atoms with Crippen LogP contribution in [0.1, 0.15) is 90.5 Å². The number of benzene rings is 1. The van der Waals surface area contributed by atoms with Gasteiger partial charge in [-0.25, -0.2) is 0 Å². The standard InChI is InChI=1S/C23H37P/c1-5-17-13-14-18(6-2)23(17)21-11-9-10-12-22(21)24-19(7-3)15-16-20(24)8-4/h9-12,17-20,23H,5-8,13-16H2,1-4H3/t17-,18-,19-,20-/m0/s1. The lowest BCUT2D eigenvalue weighted by Crippen LogP contribution is -2.24. The van der Waals surface area contributed by atoms with Gasteiger partial charge in [-0.1, -0.05) is 72.7 Å². The molecule has 0 amide bonds. The summed E-state index contributed by atoms with van der Waals surface area (Å²) in [4.78, 5) is 0. The third-order valence-corrected chi connectivity index (χ3v) is 10.9. The van der Waals surface area contributed by atoms with Gasteiger partial charge in [0.25, 0.3) is 0 Å². The van der Waals surface area contributed by atoms with Gasteiger partial charge in [0, 0.05) is 0 Å². The zero-order valence-electron chi connectivity index (χ0n) is 16.3. The maximum absolute atomic E-state index is 2.54. The van der Waals surface area contributed by atoms with Crippen LogP contribution in [0.4, 0.5) is 0 Å². The van der Waals surface area contributed by atoms with Crippen molar-refractivity contribution in [2.75, 3.05) is 0 Å². The third kappa shape index (κ3) is 3.33. The summed E-state index contributed by atoms with van der Waals surface area (Å²) >= 11 is 0. The van der Waals surface area contributed by atoms with Crippen LogP contribution in [-0.4, -0.2) is 11.3 Å². The van der Waals surface area contributed by atoms with E-state index in [1.807, 2.05) is 5.30 Å². The number of rotatable bonds is 6. The molecule has 0 nitrogen and oxygen atoms in total. The van der Waals surface area contributed by atoms with Crippen molar-refractivity contribution in [1.82, 2.24) is 0 Å². The average Bonchev–Trinajstić information content (AvgIpc) is 3.24. The Morgan fingerprint density at radius 1 is 0.750 bits per heavy atom. The van der Waals surface area contributed by atoms with Crippen molar-refractivity contribution in [3.63, 3.8) is 0 Å². The lowest BCUT2D eigenvalue weighted by Gasteiger charge is -2.32. The molecule has 1 heterocycles. The second kappa shape index (κ2) is 8.35. The van der Waals surface area contributed by atoms with Crippen LogP contribution in [0, 0.1) is 11.8 Å². The van der Waals surface area contributed by atoms with Crippen LogP contribution in [-0.2, 0) is 0 Å². The molecule has 2 fully saturated rings. The largest absolute Gasteiger partial charge is 0.0687 e. The topological polar surface area (TPSA) is 0 Å². The lowest BCUT2D eigenvalue weighted by molar-refractivity contribution is 0.396. The highest BCUT2D eigenvalue weighted by molar-refractivity contribution is 7.67. The van der Waals surface area contributed by atoms with Crippen LogP contribution in [0.3, 0.4) is 0 Å². The Labute approximate surface area is 151 Å². The van der Waals surface area contributed by atoms with Crippen LogP contribution >= 0.6 is 7.92 Å². The summed E-state index contributed by atoms with van der Waals surface area (Å²) in [5, 5.41) is 1.81. The van der Waals surface area contributed by atoms with Crippen LogP contribution in [0.2, 0.25) is 0 Å². The smallest absolute Gasteiger partial charge is 0.00991 e. The second-order valence-corrected chi connectivity index (χ2v) is 10.9. The van der Waals surface area contributed by atoms with Gasteiger partial charge in [0.2, 0.25) is 0 Å². The van der Waals surface area contributed by atoms with E-state index in [9.17, 15) is 0 Å². The average molecular weight is 345 g/mol. The van der Waals surface area contributed by atoms with E-state index in [1.165, 1.54) is 51.4 Å². The number of hydrogen-bond acceptors (Lipinski definition) is 0. The molecular weight excluding hydrogens is 307 g/mol. The van der Waals surface area contributed by atoms with Gasteiger partial charge in [-0.2, -0.15) is 0 Å². The van der Waals surface area contributed by atoms with Crippen molar-refractivity contribution in [1.29, 1.82) is 0 Å². The van der Waals surface area contributed by atoms with Crippen LogP contribution in [0.5, 0.6) is 0 Å². The van der Waals surface area contributed by atoms with Gasteiger partial charge in [-0.3, -0.25) is 0 Å². The van der Waals surface area contributed by atoms with Crippen molar-refractivity contribution < 1.29 is 0 Å². The molecule has 1 saturated carbocycles. The van der Waals surface area contributed by atoms with E-state index in [1.54, 1.807) is 5.56 Å². The summed E-state index contributed by atoms with van der Waals surface area (Å²) < 4.78 is 0. The Hall–Kier alpha value is -0.350. The predicted molar refractivity (Wildman–Crippen MR) is 110 cm³/mol. The van der Waals surface area contributed by atoms with Crippen molar-refractivity contribution in [3.05, 3.63) is 29.8 Å². The summed E-state index contributed by atoms with van der Waals surface area (Å²) in [6.07, 6.45) is 11.4. The monoisotopic (exact) mass is 344 g/mol. The minimum absolute atomic E-state index is 0.0477. The highest BCUT2D eigenvalue weighted by Crippen LogP contribution is 2.59. The summed E-state index contributed by atoms with van der Waals surface area (Å²) in [5.74, 6) is 2.69.